The number of hydrogen-bond donors (Lipinski definition) is 1. The summed E-state index contributed by atoms with van der Waals surface area (Å²) >= 11 is 0. The summed E-state index contributed by atoms with van der Waals surface area (Å²) in [4.78, 5) is 26.2. The van der Waals surface area contributed by atoms with Crippen LogP contribution in [0.15, 0.2) is 36.4 Å². The summed E-state index contributed by atoms with van der Waals surface area (Å²) in [7, 11) is 0. The van der Waals surface area contributed by atoms with E-state index in [-0.39, 0.29) is 18.5 Å². The largest absolute Gasteiger partial charge is 0.481 e. The second-order valence-electron chi connectivity index (χ2n) is 7.58. The molecule has 1 N–H and O–H groups in total. The Labute approximate surface area is 154 Å². The number of rotatable bonds is 4. The summed E-state index contributed by atoms with van der Waals surface area (Å²) in [6.07, 6.45) is 0.493. The molecule has 1 saturated heterocycles. The maximum Gasteiger partial charge on any atom is 0.311 e. The van der Waals surface area contributed by atoms with E-state index in [0.717, 1.165) is 11.4 Å². The number of carboxylic acids is 1. The van der Waals surface area contributed by atoms with Crippen molar-refractivity contribution in [2.75, 3.05) is 13.1 Å². The van der Waals surface area contributed by atoms with E-state index < -0.39 is 11.4 Å². The van der Waals surface area contributed by atoms with E-state index in [4.69, 9.17) is 0 Å². The monoisotopic (exact) mass is 354 g/mol. The van der Waals surface area contributed by atoms with Crippen molar-refractivity contribution < 1.29 is 14.7 Å². The van der Waals surface area contributed by atoms with E-state index in [1.54, 1.807) is 11.8 Å². The maximum atomic E-state index is 13.0. The van der Waals surface area contributed by atoms with Crippen molar-refractivity contribution in [1.82, 2.24) is 9.47 Å². The first-order valence-electron chi connectivity index (χ1n) is 9.00. The Balaban J connectivity index is 1.89. The molecule has 0 spiro atoms. The number of nitrogens with zero attached hydrogens (tertiary/aromatic N) is 2. The van der Waals surface area contributed by atoms with Crippen molar-refractivity contribution in [3.63, 3.8) is 0 Å². The third-order valence-corrected chi connectivity index (χ3v) is 5.66. The van der Waals surface area contributed by atoms with Crippen LogP contribution in [-0.2, 0) is 4.79 Å². The van der Waals surface area contributed by atoms with Crippen LogP contribution in [0, 0.1) is 19.3 Å². The quantitative estimate of drug-likeness (QED) is 0.911. The Bertz CT molecular complexity index is 840. The summed E-state index contributed by atoms with van der Waals surface area (Å²) in [6.45, 7) is 8.56. The van der Waals surface area contributed by atoms with E-state index in [9.17, 15) is 14.7 Å². The Morgan fingerprint density at radius 1 is 1.19 bits per heavy atom. The Morgan fingerprint density at radius 2 is 1.85 bits per heavy atom. The van der Waals surface area contributed by atoms with Gasteiger partial charge in [0.15, 0.2) is 0 Å². The minimum atomic E-state index is -0.849. The third kappa shape index (κ3) is 3.02. The van der Waals surface area contributed by atoms with Gasteiger partial charge in [0.1, 0.15) is 0 Å². The predicted octanol–water partition coefficient (Wildman–Crippen LogP) is 3.65. The number of aliphatic carboxylic acids is 1. The summed E-state index contributed by atoms with van der Waals surface area (Å²) in [5.74, 6) is -0.912. The summed E-state index contributed by atoms with van der Waals surface area (Å²) in [5, 5.41) is 9.40. The number of likely N-dealkylation sites (tertiary alicyclic amines) is 1. The van der Waals surface area contributed by atoms with Crippen LogP contribution in [0.1, 0.15) is 53.6 Å². The minimum Gasteiger partial charge on any atom is -0.481 e. The van der Waals surface area contributed by atoms with Crippen LogP contribution in [-0.4, -0.2) is 39.5 Å². The van der Waals surface area contributed by atoms with Gasteiger partial charge in [0.05, 0.1) is 17.0 Å². The molecule has 0 saturated carbocycles. The molecule has 1 aliphatic heterocycles. The molecule has 138 valence electrons. The molecule has 3 rings (SSSR count). The van der Waals surface area contributed by atoms with Gasteiger partial charge in [-0.25, -0.2) is 0 Å². The highest BCUT2D eigenvalue weighted by Gasteiger charge is 2.42. The molecule has 0 radical (unpaired) electrons. The molecule has 1 aliphatic rings. The second kappa shape index (κ2) is 6.63. The molecule has 2 unspecified atom stereocenters. The van der Waals surface area contributed by atoms with Gasteiger partial charge in [0, 0.05) is 24.5 Å². The molecular formula is C21H26N2O3. The fourth-order valence-electron chi connectivity index (χ4n) is 3.95. The Morgan fingerprint density at radius 3 is 2.42 bits per heavy atom. The van der Waals surface area contributed by atoms with Crippen molar-refractivity contribution in [2.45, 2.75) is 40.2 Å². The predicted molar refractivity (Wildman–Crippen MR) is 100 cm³/mol. The Hall–Kier alpha value is -2.56. The molecular weight excluding hydrogens is 328 g/mol. The van der Waals surface area contributed by atoms with Crippen molar-refractivity contribution in [3.8, 4) is 0 Å². The van der Waals surface area contributed by atoms with Gasteiger partial charge in [-0.2, -0.15) is 0 Å². The highest BCUT2D eigenvalue weighted by Crippen LogP contribution is 2.32. The first kappa shape index (κ1) is 18.2. The first-order chi connectivity index (χ1) is 12.2. The molecule has 5 nitrogen and oxygen atoms in total. The fourth-order valence-corrected chi connectivity index (χ4v) is 3.95. The Kier molecular flexibility index (Phi) is 4.65. The number of carbonyl (C=O) groups is 2. The molecule has 1 aromatic carbocycles. The third-order valence-electron chi connectivity index (χ3n) is 5.66. The lowest BCUT2D eigenvalue weighted by Crippen LogP contribution is -2.35. The average molecular weight is 354 g/mol. The van der Waals surface area contributed by atoms with Crippen molar-refractivity contribution >= 4 is 11.9 Å². The van der Waals surface area contributed by atoms with Crippen LogP contribution in [0.2, 0.25) is 0 Å². The number of amides is 1. The average Bonchev–Trinajstić information content (AvgIpc) is 3.16. The molecule has 26 heavy (non-hydrogen) atoms. The van der Waals surface area contributed by atoms with Gasteiger partial charge in [0.25, 0.3) is 5.91 Å². The van der Waals surface area contributed by atoms with Gasteiger partial charge in [-0.05, 0) is 45.7 Å². The number of benzene rings is 1. The van der Waals surface area contributed by atoms with Crippen molar-refractivity contribution in [3.05, 3.63) is 58.9 Å². The van der Waals surface area contributed by atoms with Crippen LogP contribution in [0.5, 0.6) is 0 Å². The van der Waals surface area contributed by atoms with Crippen LogP contribution >= 0.6 is 0 Å². The standard InChI is InChI=1S/C21H26N2O3/c1-14-12-18(19(24)22-11-10-21(4,13-22)20(25)26)16(3)23(14)15(2)17-8-6-5-7-9-17/h5-9,12,15H,10-11,13H2,1-4H3,(H,25,26). The number of carbonyl (C=O) groups excluding carboxylic acids is 1. The molecule has 1 aromatic heterocycles. The van der Waals surface area contributed by atoms with E-state index >= 15 is 0 Å². The molecule has 2 aromatic rings. The molecule has 0 aliphatic carbocycles. The molecule has 2 heterocycles. The van der Waals surface area contributed by atoms with Crippen LogP contribution in [0.4, 0.5) is 0 Å². The summed E-state index contributed by atoms with van der Waals surface area (Å²) < 4.78 is 2.18. The highest BCUT2D eigenvalue weighted by molar-refractivity contribution is 5.96. The topological polar surface area (TPSA) is 62.5 Å². The number of aromatic nitrogens is 1. The zero-order valence-electron chi connectivity index (χ0n) is 15.8. The molecule has 5 heteroatoms. The first-order valence-corrected chi connectivity index (χ1v) is 9.00. The number of hydrogen-bond acceptors (Lipinski definition) is 2. The molecule has 1 fully saturated rings. The smallest absolute Gasteiger partial charge is 0.311 e. The molecule has 1 amide bonds. The fraction of sp³-hybridized carbons (Fsp3) is 0.429. The molecule has 0 bridgehead atoms. The van der Waals surface area contributed by atoms with E-state index in [0.29, 0.717) is 18.5 Å². The highest BCUT2D eigenvalue weighted by atomic mass is 16.4. The van der Waals surface area contributed by atoms with Crippen molar-refractivity contribution in [2.24, 2.45) is 5.41 Å². The lowest BCUT2D eigenvalue weighted by molar-refractivity contribution is -0.147. The van der Waals surface area contributed by atoms with Crippen LogP contribution < -0.4 is 0 Å². The number of carboxylic acid groups (broad SMARTS) is 1. The normalized spacial score (nSPS) is 21.0. The van der Waals surface area contributed by atoms with Crippen LogP contribution in [0.3, 0.4) is 0 Å². The lowest BCUT2D eigenvalue weighted by Gasteiger charge is -2.21. The minimum absolute atomic E-state index is 0.0745. The second-order valence-corrected chi connectivity index (χ2v) is 7.58. The van der Waals surface area contributed by atoms with E-state index in [2.05, 4.69) is 23.6 Å². The summed E-state index contributed by atoms with van der Waals surface area (Å²) in [5.41, 5.74) is 2.96. The SMILES string of the molecule is Cc1cc(C(=O)N2CCC(C)(C(=O)O)C2)c(C)n1C(C)c1ccccc1. The number of aryl methyl sites for hydroxylation is 1. The van der Waals surface area contributed by atoms with Gasteiger partial charge >= 0.3 is 5.97 Å². The molecule has 2 atom stereocenters. The van der Waals surface area contributed by atoms with Gasteiger partial charge in [-0.15, -0.1) is 0 Å². The van der Waals surface area contributed by atoms with Gasteiger partial charge in [0.2, 0.25) is 0 Å². The van der Waals surface area contributed by atoms with Gasteiger partial charge in [-0.3, -0.25) is 9.59 Å². The van der Waals surface area contributed by atoms with Crippen LogP contribution in [0.25, 0.3) is 0 Å². The maximum absolute atomic E-state index is 13.0. The lowest BCUT2D eigenvalue weighted by atomic mass is 9.90. The zero-order valence-corrected chi connectivity index (χ0v) is 15.8. The zero-order chi connectivity index (χ0) is 19.1. The van der Waals surface area contributed by atoms with Crippen molar-refractivity contribution in [1.29, 1.82) is 0 Å². The van der Waals surface area contributed by atoms with E-state index in [1.807, 2.05) is 38.1 Å². The van der Waals surface area contributed by atoms with Gasteiger partial charge in [-0.1, -0.05) is 30.3 Å². The van der Waals surface area contributed by atoms with Gasteiger partial charge < -0.3 is 14.6 Å². The summed E-state index contributed by atoms with van der Waals surface area (Å²) in [6, 6.07) is 12.3. The van der Waals surface area contributed by atoms with E-state index in [1.165, 1.54) is 5.56 Å².